The summed E-state index contributed by atoms with van der Waals surface area (Å²) in [6, 6.07) is 10.2. The second-order valence-corrected chi connectivity index (χ2v) is 6.45. The Morgan fingerprint density at radius 1 is 1.45 bits per heavy atom. The minimum absolute atomic E-state index is 0.173. The molecule has 3 nitrogen and oxygen atoms in total. The third-order valence-corrected chi connectivity index (χ3v) is 4.95. The van der Waals surface area contributed by atoms with Gasteiger partial charge in [0.05, 0.1) is 11.5 Å². The summed E-state index contributed by atoms with van der Waals surface area (Å²) in [7, 11) is 1.73. The van der Waals surface area contributed by atoms with E-state index in [1.165, 1.54) is 4.70 Å². The van der Waals surface area contributed by atoms with Gasteiger partial charge in [-0.3, -0.25) is 4.79 Å². The molecule has 1 saturated heterocycles. The Kier molecular flexibility index (Phi) is 4.03. The lowest BCUT2D eigenvalue weighted by atomic mass is 9.99. The topological polar surface area (TPSA) is 29.5 Å². The van der Waals surface area contributed by atoms with Crippen LogP contribution in [0.15, 0.2) is 30.3 Å². The van der Waals surface area contributed by atoms with E-state index in [2.05, 4.69) is 12.1 Å². The van der Waals surface area contributed by atoms with Crippen LogP contribution in [0.2, 0.25) is 0 Å². The van der Waals surface area contributed by atoms with Crippen molar-refractivity contribution in [3.8, 4) is 0 Å². The molecule has 0 N–H and O–H groups in total. The molecule has 1 amide bonds. The van der Waals surface area contributed by atoms with Crippen molar-refractivity contribution in [2.75, 3.05) is 26.8 Å². The Balaban J connectivity index is 1.77. The van der Waals surface area contributed by atoms with Gasteiger partial charge in [0.1, 0.15) is 0 Å². The molecule has 1 aliphatic rings. The fraction of sp³-hybridized carbons (Fsp3) is 0.438. The van der Waals surface area contributed by atoms with Crippen LogP contribution >= 0.6 is 11.3 Å². The van der Waals surface area contributed by atoms with E-state index in [0.717, 1.165) is 42.8 Å². The standard InChI is InChI=1S/C16H19NO2S/c1-19-11-12-5-4-8-17(10-12)16(18)15-9-13-6-2-3-7-14(13)20-15/h2-3,6-7,9,12H,4-5,8,10-11H2,1H3. The van der Waals surface area contributed by atoms with Gasteiger partial charge in [-0.1, -0.05) is 18.2 Å². The maximum absolute atomic E-state index is 12.6. The van der Waals surface area contributed by atoms with Crippen LogP contribution in [-0.4, -0.2) is 37.6 Å². The number of hydrogen-bond donors (Lipinski definition) is 0. The van der Waals surface area contributed by atoms with E-state index in [-0.39, 0.29) is 5.91 Å². The van der Waals surface area contributed by atoms with E-state index < -0.39 is 0 Å². The number of methoxy groups -OCH3 is 1. The Hall–Kier alpha value is -1.39. The van der Waals surface area contributed by atoms with Gasteiger partial charge in [-0.15, -0.1) is 11.3 Å². The molecule has 1 aliphatic heterocycles. The van der Waals surface area contributed by atoms with Crippen molar-refractivity contribution in [3.63, 3.8) is 0 Å². The Labute approximate surface area is 123 Å². The molecule has 1 atom stereocenters. The zero-order valence-electron chi connectivity index (χ0n) is 11.7. The van der Waals surface area contributed by atoms with Crippen LogP contribution in [0.1, 0.15) is 22.5 Å². The average Bonchev–Trinajstić information content (AvgIpc) is 2.91. The number of hydrogen-bond acceptors (Lipinski definition) is 3. The van der Waals surface area contributed by atoms with Crippen LogP contribution < -0.4 is 0 Å². The maximum atomic E-state index is 12.6. The molecule has 4 heteroatoms. The summed E-state index contributed by atoms with van der Waals surface area (Å²) >= 11 is 1.59. The highest BCUT2D eigenvalue weighted by Crippen LogP contribution is 2.27. The highest BCUT2D eigenvalue weighted by atomic mass is 32.1. The van der Waals surface area contributed by atoms with Gasteiger partial charge in [-0.05, 0) is 36.3 Å². The second kappa shape index (κ2) is 5.94. The third kappa shape index (κ3) is 2.72. The van der Waals surface area contributed by atoms with Crippen molar-refractivity contribution < 1.29 is 9.53 Å². The van der Waals surface area contributed by atoms with Crippen LogP contribution in [0.5, 0.6) is 0 Å². The van der Waals surface area contributed by atoms with Crippen molar-refractivity contribution in [2.24, 2.45) is 5.92 Å². The smallest absolute Gasteiger partial charge is 0.263 e. The minimum Gasteiger partial charge on any atom is -0.384 e. The van der Waals surface area contributed by atoms with Gasteiger partial charge in [0.2, 0.25) is 0 Å². The SMILES string of the molecule is COCC1CCCN(C(=O)c2cc3ccccc3s2)C1. The molecule has 0 aliphatic carbocycles. The monoisotopic (exact) mass is 289 g/mol. The molecule has 0 radical (unpaired) electrons. The number of amides is 1. The largest absolute Gasteiger partial charge is 0.384 e. The predicted molar refractivity (Wildman–Crippen MR) is 82.3 cm³/mol. The number of benzene rings is 1. The first-order valence-electron chi connectivity index (χ1n) is 7.04. The molecule has 2 aromatic rings. The quantitative estimate of drug-likeness (QED) is 0.866. The van der Waals surface area contributed by atoms with Crippen molar-refractivity contribution in [2.45, 2.75) is 12.8 Å². The van der Waals surface area contributed by atoms with E-state index in [0.29, 0.717) is 5.92 Å². The first-order valence-corrected chi connectivity index (χ1v) is 7.86. The van der Waals surface area contributed by atoms with Gasteiger partial charge in [-0.25, -0.2) is 0 Å². The van der Waals surface area contributed by atoms with E-state index >= 15 is 0 Å². The lowest BCUT2D eigenvalue weighted by molar-refractivity contribution is 0.0575. The van der Waals surface area contributed by atoms with E-state index in [9.17, 15) is 4.79 Å². The number of carbonyl (C=O) groups is 1. The normalized spacial score (nSPS) is 19.4. The summed E-state index contributed by atoms with van der Waals surface area (Å²) in [6.07, 6.45) is 2.23. The summed E-state index contributed by atoms with van der Waals surface area (Å²) in [4.78, 5) is 15.4. The number of piperidine rings is 1. The number of nitrogens with zero attached hydrogens (tertiary/aromatic N) is 1. The summed E-state index contributed by atoms with van der Waals surface area (Å²) in [5.74, 6) is 0.652. The number of carbonyl (C=O) groups excluding carboxylic acids is 1. The van der Waals surface area contributed by atoms with Gasteiger partial charge in [0.15, 0.2) is 0 Å². The maximum Gasteiger partial charge on any atom is 0.263 e. The van der Waals surface area contributed by atoms with Crippen molar-refractivity contribution in [1.82, 2.24) is 4.90 Å². The predicted octanol–water partition coefficient (Wildman–Crippen LogP) is 3.40. The minimum atomic E-state index is 0.173. The Bertz CT molecular complexity index is 572. The molecular formula is C16H19NO2S. The molecular weight excluding hydrogens is 270 g/mol. The van der Waals surface area contributed by atoms with Crippen molar-refractivity contribution >= 4 is 27.3 Å². The summed E-state index contributed by atoms with van der Waals surface area (Å²) in [5, 5.41) is 1.16. The van der Waals surface area contributed by atoms with Gasteiger partial charge < -0.3 is 9.64 Å². The molecule has 1 unspecified atom stereocenters. The first kappa shape index (κ1) is 13.6. The van der Waals surface area contributed by atoms with Gasteiger partial charge >= 0.3 is 0 Å². The zero-order chi connectivity index (χ0) is 13.9. The molecule has 1 aromatic heterocycles. The van der Waals surface area contributed by atoms with Crippen LogP contribution in [0.25, 0.3) is 10.1 Å². The van der Waals surface area contributed by atoms with Gasteiger partial charge in [-0.2, -0.15) is 0 Å². The number of likely N-dealkylation sites (tertiary alicyclic amines) is 1. The molecule has 1 fully saturated rings. The van der Waals surface area contributed by atoms with Crippen LogP contribution in [-0.2, 0) is 4.74 Å². The zero-order valence-corrected chi connectivity index (χ0v) is 12.5. The summed E-state index contributed by atoms with van der Waals surface area (Å²) in [5.41, 5.74) is 0. The first-order chi connectivity index (χ1) is 9.78. The number of thiophene rings is 1. The number of fused-ring (bicyclic) bond motifs is 1. The Morgan fingerprint density at radius 2 is 2.30 bits per heavy atom. The fourth-order valence-corrected chi connectivity index (χ4v) is 3.90. The number of rotatable bonds is 3. The van der Waals surface area contributed by atoms with Crippen molar-refractivity contribution in [1.29, 1.82) is 0 Å². The molecule has 1 aromatic carbocycles. The lowest BCUT2D eigenvalue weighted by Crippen LogP contribution is -2.40. The van der Waals surface area contributed by atoms with E-state index in [1.807, 2.05) is 23.1 Å². The molecule has 0 bridgehead atoms. The molecule has 20 heavy (non-hydrogen) atoms. The van der Waals surface area contributed by atoms with Gasteiger partial charge in [0, 0.05) is 24.9 Å². The molecule has 106 valence electrons. The van der Waals surface area contributed by atoms with Gasteiger partial charge in [0.25, 0.3) is 5.91 Å². The molecule has 0 spiro atoms. The fourth-order valence-electron chi connectivity index (χ4n) is 2.86. The van der Waals surface area contributed by atoms with E-state index in [1.54, 1.807) is 18.4 Å². The third-order valence-electron chi connectivity index (χ3n) is 3.84. The number of ether oxygens (including phenoxy) is 1. The second-order valence-electron chi connectivity index (χ2n) is 5.36. The van der Waals surface area contributed by atoms with E-state index in [4.69, 9.17) is 4.74 Å². The molecule has 0 saturated carbocycles. The summed E-state index contributed by atoms with van der Waals surface area (Å²) < 4.78 is 6.41. The summed E-state index contributed by atoms with van der Waals surface area (Å²) in [6.45, 7) is 2.43. The Morgan fingerprint density at radius 3 is 3.10 bits per heavy atom. The highest BCUT2D eigenvalue weighted by molar-refractivity contribution is 7.20. The lowest BCUT2D eigenvalue weighted by Gasteiger charge is -2.32. The molecule has 3 rings (SSSR count). The highest BCUT2D eigenvalue weighted by Gasteiger charge is 2.25. The van der Waals surface area contributed by atoms with Crippen molar-refractivity contribution in [3.05, 3.63) is 35.2 Å². The van der Waals surface area contributed by atoms with Crippen LogP contribution in [0.4, 0.5) is 0 Å². The van der Waals surface area contributed by atoms with Crippen LogP contribution in [0, 0.1) is 5.92 Å². The van der Waals surface area contributed by atoms with Crippen LogP contribution in [0.3, 0.4) is 0 Å². The molecule has 2 heterocycles. The average molecular weight is 289 g/mol.